The van der Waals surface area contributed by atoms with E-state index in [0.29, 0.717) is 6.04 Å². The van der Waals surface area contributed by atoms with Crippen LogP contribution < -0.4 is 0 Å². The highest BCUT2D eigenvalue weighted by molar-refractivity contribution is 9.10. The highest BCUT2D eigenvalue weighted by Gasteiger charge is 2.26. The second kappa shape index (κ2) is 6.38. The summed E-state index contributed by atoms with van der Waals surface area (Å²) >= 11 is 3.50. The molecular formula is C15H24BrN3O2. The zero-order valence-electron chi connectivity index (χ0n) is 13.2. The highest BCUT2D eigenvalue weighted by Crippen LogP contribution is 2.27. The second-order valence-corrected chi connectivity index (χ2v) is 7.43. The number of hydrogen-bond acceptors (Lipinski definition) is 3. The van der Waals surface area contributed by atoms with Crippen LogP contribution >= 0.6 is 15.9 Å². The number of rotatable bonds is 1. The Balaban J connectivity index is 1.99. The van der Waals surface area contributed by atoms with E-state index in [9.17, 15) is 4.79 Å². The monoisotopic (exact) mass is 357 g/mol. The lowest BCUT2D eigenvalue weighted by atomic mass is 10.1. The van der Waals surface area contributed by atoms with Crippen LogP contribution in [-0.2, 0) is 4.74 Å². The third-order valence-corrected chi connectivity index (χ3v) is 4.46. The van der Waals surface area contributed by atoms with Gasteiger partial charge in [0.1, 0.15) is 5.60 Å². The predicted octanol–water partition coefficient (Wildman–Crippen LogP) is 3.92. The minimum absolute atomic E-state index is 0.207. The number of likely N-dealkylation sites (tertiary alicyclic amines) is 1. The molecule has 1 saturated heterocycles. The van der Waals surface area contributed by atoms with Crippen LogP contribution in [0.3, 0.4) is 0 Å². The van der Waals surface area contributed by atoms with E-state index in [1.54, 1.807) is 0 Å². The topological polar surface area (TPSA) is 47.4 Å². The SMILES string of the molecule is Cc1c(Br)cnn1[C@H]1CCCN(C(=O)OC(C)(C)C)CC1. The lowest BCUT2D eigenvalue weighted by Crippen LogP contribution is -2.37. The van der Waals surface area contributed by atoms with Crippen LogP contribution in [0.15, 0.2) is 10.7 Å². The number of carbonyl (C=O) groups excluding carboxylic acids is 1. The van der Waals surface area contributed by atoms with Gasteiger partial charge in [0.2, 0.25) is 0 Å². The van der Waals surface area contributed by atoms with Gasteiger partial charge in [-0.1, -0.05) is 0 Å². The van der Waals surface area contributed by atoms with E-state index in [1.807, 2.05) is 31.9 Å². The van der Waals surface area contributed by atoms with Gasteiger partial charge in [-0.25, -0.2) is 4.79 Å². The first kappa shape index (κ1) is 16.3. The molecule has 0 unspecified atom stereocenters. The minimum Gasteiger partial charge on any atom is -0.444 e. The van der Waals surface area contributed by atoms with Crippen molar-refractivity contribution in [1.29, 1.82) is 0 Å². The number of amides is 1. The summed E-state index contributed by atoms with van der Waals surface area (Å²) in [7, 11) is 0. The molecule has 118 valence electrons. The van der Waals surface area contributed by atoms with Crippen LogP contribution in [0, 0.1) is 6.92 Å². The number of aromatic nitrogens is 2. The van der Waals surface area contributed by atoms with Gasteiger partial charge >= 0.3 is 6.09 Å². The summed E-state index contributed by atoms with van der Waals surface area (Å²) in [5.41, 5.74) is 0.706. The maximum Gasteiger partial charge on any atom is 0.410 e. The van der Waals surface area contributed by atoms with Crippen LogP contribution in [0.1, 0.15) is 51.8 Å². The van der Waals surface area contributed by atoms with Gasteiger partial charge in [-0.15, -0.1) is 0 Å². The molecule has 2 heterocycles. The molecule has 1 atom stereocenters. The smallest absolute Gasteiger partial charge is 0.410 e. The Morgan fingerprint density at radius 3 is 2.67 bits per heavy atom. The van der Waals surface area contributed by atoms with Crippen LogP contribution in [0.4, 0.5) is 4.79 Å². The lowest BCUT2D eigenvalue weighted by molar-refractivity contribution is 0.0255. The normalized spacial score (nSPS) is 20.2. The maximum atomic E-state index is 12.2. The quantitative estimate of drug-likeness (QED) is 0.765. The van der Waals surface area contributed by atoms with Crippen LogP contribution in [0.5, 0.6) is 0 Å². The third kappa shape index (κ3) is 4.22. The van der Waals surface area contributed by atoms with Crippen molar-refractivity contribution in [3.8, 4) is 0 Å². The fourth-order valence-electron chi connectivity index (χ4n) is 2.60. The van der Waals surface area contributed by atoms with E-state index < -0.39 is 5.60 Å². The molecule has 0 radical (unpaired) electrons. The summed E-state index contributed by atoms with van der Waals surface area (Å²) in [6.45, 7) is 9.24. The van der Waals surface area contributed by atoms with Gasteiger partial charge in [0.05, 0.1) is 16.7 Å². The van der Waals surface area contributed by atoms with Crippen LogP contribution in [0.2, 0.25) is 0 Å². The molecule has 1 aromatic rings. The van der Waals surface area contributed by atoms with Crippen molar-refractivity contribution in [1.82, 2.24) is 14.7 Å². The molecule has 21 heavy (non-hydrogen) atoms. The van der Waals surface area contributed by atoms with E-state index in [0.717, 1.165) is 42.5 Å². The van der Waals surface area contributed by atoms with E-state index in [1.165, 1.54) is 0 Å². The first-order valence-electron chi connectivity index (χ1n) is 7.45. The van der Waals surface area contributed by atoms with Gasteiger partial charge in [0.25, 0.3) is 0 Å². The third-order valence-electron chi connectivity index (χ3n) is 3.68. The van der Waals surface area contributed by atoms with Gasteiger partial charge < -0.3 is 9.64 Å². The summed E-state index contributed by atoms with van der Waals surface area (Å²) in [4.78, 5) is 14.0. The molecule has 6 heteroatoms. The fraction of sp³-hybridized carbons (Fsp3) is 0.733. The Morgan fingerprint density at radius 2 is 2.10 bits per heavy atom. The number of hydrogen-bond donors (Lipinski definition) is 0. The van der Waals surface area contributed by atoms with Crippen molar-refractivity contribution in [3.63, 3.8) is 0 Å². The Morgan fingerprint density at radius 1 is 1.38 bits per heavy atom. The zero-order valence-corrected chi connectivity index (χ0v) is 14.8. The summed E-state index contributed by atoms with van der Waals surface area (Å²) in [5.74, 6) is 0. The first-order valence-corrected chi connectivity index (χ1v) is 8.25. The molecule has 0 aromatic carbocycles. The number of carbonyl (C=O) groups is 1. The summed E-state index contributed by atoms with van der Waals surface area (Å²) in [6, 6.07) is 0.351. The molecule has 1 aromatic heterocycles. The molecule has 0 aliphatic carbocycles. The van der Waals surface area contributed by atoms with Gasteiger partial charge in [-0.3, -0.25) is 4.68 Å². The fourth-order valence-corrected chi connectivity index (χ4v) is 2.88. The van der Waals surface area contributed by atoms with Crippen molar-refractivity contribution in [2.45, 2.75) is 58.6 Å². The Hall–Kier alpha value is -1.04. The van der Waals surface area contributed by atoms with Crippen molar-refractivity contribution in [3.05, 3.63) is 16.4 Å². The molecule has 1 amide bonds. The van der Waals surface area contributed by atoms with Crippen molar-refractivity contribution < 1.29 is 9.53 Å². The molecule has 0 saturated carbocycles. The predicted molar refractivity (Wildman–Crippen MR) is 85.4 cm³/mol. The zero-order chi connectivity index (χ0) is 15.6. The molecule has 1 aliphatic heterocycles. The molecule has 5 nitrogen and oxygen atoms in total. The molecule has 0 bridgehead atoms. The molecular weight excluding hydrogens is 334 g/mol. The van der Waals surface area contributed by atoms with E-state index in [2.05, 4.69) is 32.6 Å². The minimum atomic E-state index is -0.438. The lowest BCUT2D eigenvalue weighted by Gasteiger charge is -2.26. The Labute approximate surface area is 134 Å². The number of ether oxygens (including phenoxy) is 1. The highest BCUT2D eigenvalue weighted by atomic mass is 79.9. The van der Waals surface area contributed by atoms with E-state index in [4.69, 9.17) is 4.74 Å². The molecule has 1 fully saturated rings. The van der Waals surface area contributed by atoms with E-state index in [-0.39, 0.29) is 6.09 Å². The summed E-state index contributed by atoms with van der Waals surface area (Å²) < 4.78 is 8.57. The first-order chi connectivity index (χ1) is 9.78. The number of halogens is 1. The maximum absolute atomic E-state index is 12.2. The van der Waals surface area contributed by atoms with Gasteiger partial charge in [0.15, 0.2) is 0 Å². The molecule has 0 N–H and O–H groups in total. The molecule has 0 spiro atoms. The standard InChI is InChI=1S/C15H24BrN3O2/c1-11-13(16)10-17-19(11)12-6-5-8-18(9-7-12)14(20)21-15(2,3)4/h10,12H,5-9H2,1-4H3/t12-/m0/s1. The van der Waals surface area contributed by atoms with Gasteiger partial charge in [-0.05, 0) is 62.9 Å². The van der Waals surface area contributed by atoms with Crippen molar-refractivity contribution >= 4 is 22.0 Å². The van der Waals surface area contributed by atoms with Crippen molar-refractivity contribution in [2.75, 3.05) is 13.1 Å². The summed E-state index contributed by atoms with van der Waals surface area (Å²) in [6.07, 6.45) is 4.55. The average Bonchev–Trinajstić information content (AvgIpc) is 2.61. The van der Waals surface area contributed by atoms with Gasteiger partial charge in [-0.2, -0.15) is 5.10 Å². The average molecular weight is 358 g/mol. The second-order valence-electron chi connectivity index (χ2n) is 6.57. The Bertz CT molecular complexity index is 508. The molecule has 2 rings (SSSR count). The van der Waals surface area contributed by atoms with Crippen molar-refractivity contribution in [2.24, 2.45) is 0 Å². The largest absolute Gasteiger partial charge is 0.444 e. The molecule has 1 aliphatic rings. The van der Waals surface area contributed by atoms with Crippen LogP contribution in [-0.4, -0.2) is 39.5 Å². The van der Waals surface area contributed by atoms with Crippen LogP contribution in [0.25, 0.3) is 0 Å². The number of nitrogens with zero attached hydrogens (tertiary/aromatic N) is 3. The Kier molecular flexibility index (Phi) is 4.96. The van der Waals surface area contributed by atoms with E-state index >= 15 is 0 Å². The van der Waals surface area contributed by atoms with Gasteiger partial charge in [0, 0.05) is 18.8 Å². The summed E-state index contributed by atoms with van der Waals surface area (Å²) in [5, 5.41) is 4.45.